The molecule has 1 aromatic rings. The van der Waals surface area contributed by atoms with Crippen LogP contribution in [0.1, 0.15) is 19.8 Å². The lowest BCUT2D eigenvalue weighted by molar-refractivity contribution is -0.129. The van der Waals surface area contributed by atoms with E-state index in [4.69, 9.17) is 5.73 Å². The van der Waals surface area contributed by atoms with Gasteiger partial charge in [-0.05, 0) is 25.8 Å². The average Bonchev–Trinajstić information content (AvgIpc) is 3.01. The van der Waals surface area contributed by atoms with Gasteiger partial charge in [0.15, 0.2) is 0 Å². The van der Waals surface area contributed by atoms with Crippen LogP contribution in [0.4, 0.5) is 5.82 Å². The summed E-state index contributed by atoms with van der Waals surface area (Å²) in [6, 6.07) is 1.37. The minimum Gasteiger partial charge on any atom is -0.382 e. The van der Waals surface area contributed by atoms with Crippen molar-refractivity contribution in [2.45, 2.75) is 38.4 Å². The summed E-state index contributed by atoms with van der Waals surface area (Å²) >= 11 is 0. The van der Waals surface area contributed by atoms with Gasteiger partial charge in [-0.2, -0.15) is 5.10 Å². The highest BCUT2D eigenvalue weighted by atomic mass is 16.2. The molecule has 1 aliphatic rings. The van der Waals surface area contributed by atoms with Crippen LogP contribution in [0, 0.1) is 0 Å². The van der Waals surface area contributed by atoms with Gasteiger partial charge in [-0.3, -0.25) is 14.3 Å². The van der Waals surface area contributed by atoms with Crippen LogP contribution in [0.15, 0.2) is 12.3 Å². The summed E-state index contributed by atoms with van der Waals surface area (Å²) < 4.78 is 1.43. The van der Waals surface area contributed by atoms with Crippen molar-refractivity contribution in [3.8, 4) is 0 Å². The molecule has 2 rings (SSSR count). The van der Waals surface area contributed by atoms with E-state index in [-0.39, 0.29) is 18.4 Å². The summed E-state index contributed by atoms with van der Waals surface area (Å²) in [5.74, 6) is -0.0512. The largest absolute Gasteiger partial charge is 0.382 e. The van der Waals surface area contributed by atoms with Crippen molar-refractivity contribution in [2.24, 2.45) is 0 Å². The molecule has 1 heterocycles. The van der Waals surface area contributed by atoms with Crippen molar-refractivity contribution < 1.29 is 9.59 Å². The molecule has 4 N–H and O–H groups in total. The number of hydrogen-bond acceptors (Lipinski definition) is 4. The second kappa shape index (κ2) is 5.07. The van der Waals surface area contributed by atoms with E-state index in [1.807, 2.05) is 0 Å². The van der Waals surface area contributed by atoms with Crippen LogP contribution in [0.5, 0.6) is 0 Å². The lowest BCUT2D eigenvalue weighted by atomic mass is 10.3. The molecule has 1 saturated carbocycles. The first-order valence-electron chi connectivity index (χ1n) is 5.93. The Hall–Kier alpha value is -2.05. The van der Waals surface area contributed by atoms with Gasteiger partial charge in [-0.1, -0.05) is 0 Å². The molecule has 1 atom stereocenters. The third-order valence-electron chi connectivity index (χ3n) is 2.66. The van der Waals surface area contributed by atoms with Gasteiger partial charge in [0.2, 0.25) is 11.8 Å². The summed E-state index contributed by atoms with van der Waals surface area (Å²) in [5, 5.41) is 9.34. The number of nitrogens with one attached hydrogen (secondary N) is 2. The zero-order valence-corrected chi connectivity index (χ0v) is 10.2. The van der Waals surface area contributed by atoms with E-state index >= 15 is 0 Å². The van der Waals surface area contributed by atoms with Crippen molar-refractivity contribution in [1.82, 2.24) is 20.4 Å². The van der Waals surface area contributed by atoms with Crippen LogP contribution in [0.3, 0.4) is 0 Å². The van der Waals surface area contributed by atoms with E-state index < -0.39 is 6.04 Å². The van der Waals surface area contributed by atoms with Crippen molar-refractivity contribution in [2.75, 3.05) is 5.73 Å². The number of amides is 2. The summed E-state index contributed by atoms with van der Waals surface area (Å²) in [4.78, 5) is 23.3. The molecule has 1 aliphatic carbocycles. The van der Waals surface area contributed by atoms with Gasteiger partial charge in [0.1, 0.15) is 18.4 Å². The third-order valence-corrected chi connectivity index (χ3v) is 2.66. The van der Waals surface area contributed by atoms with Crippen molar-refractivity contribution in [3.63, 3.8) is 0 Å². The minimum atomic E-state index is -0.536. The fourth-order valence-electron chi connectivity index (χ4n) is 1.52. The number of aromatic nitrogens is 2. The maximum Gasteiger partial charge on any atom is 0.242 e. The van der Waals surface area contributed by atoms with Gasteiger partial charge in [0, 0.05) is 12.2 Å². The molecule has 2 amide bonds. The molecule has 1 unspecified atom stereocenters. The molecule has 0 bridgehead atoms. The van der Waals surface area contributed by atoms with Crippen LogP contribution in [-0.4, -0.2) is 33.7 Å². The Morgan fingerprint density at radius 2 is 2.33 bits per heavy atom. The molecule has 0 spiro atoms. The number of carbonyl (C=O) groups excluding carboxylic acids is 2. The summed E-state index contributed by atoms with van der Waals surface area (Å²) in [6.45, 7) is 1.71. The van der Waals surface area contributed by atoms with E-state index in [1.54, 1.807) is 19.2 Å². The normalized spacial score (nSPS) is 16.1. The number of nitrogen functional groups attached to an aromatic ring is 1. The fourth-order valence-corrected chi connectivity index (χ4v) is 1.52. The Morgan fingerprint density at radius 3 is 2.89 bits per heavy atom. The maximum atomic E-state index is 11.6. The Bertz CT molecular complexity index is 452. The van der Waals surface area contributed by atoms with Crippen molar-refractivity contribution >= 4 is 17.6 Å². The van der Waals surface area contributed by atoms with Gasteiger partial charge in [-0.25, -0.2) is 0 Å². The monoisotopic (exact) mass is 251 g/mol. The molecule has 1 fully saturated rings. The smallest absolute Gasteiger partial charge is 0.242 e. The zero-order chi connectivity index (χ0) is 13.1. The number of nitrogens with zero attached hydrogens (tertiary/aromatic N) is 2. The number of nitrogens with two attached hydrogens (primary N) is 1. The topological polar surface area (TPSA) is 102 Å². The second-order valence-corrected chi connectivity index (χ2v) is 4.51. The average molecular weight is 251 g/mol. The van der Waals surface area contributed by atoms with E-state index in [0.717, 1.165) is 12.8 Å². The Morgan fingerprint density at radius 1 is 1.61 bits per heavy atom. The molecule has 0 saturated heterocycles. The summed E-state index contributed by atoms with van der Waals surface area (Å²) in [7, 11) is 0. The highest BCUT2D eigenvalue weighted by Gasteiger charge is 2.26. The lowest BCUT2D eigenvalue weighted by Crippen LogP contribution is -2.46. The van der Waals surface area contributed by atoms with Crippen molar-refractivity contribution in [3.05, 3.63) is 12.3 Å². The lowest BCUT2D eigenvalue weighted by Gasteiger charge is -2.13. The van der Waals surface area contributed by atoms with Crippen molar-refractivity contribution in [1.29, 1.82) is 0 Å². The predicted octanol–water partition coefficient (Wildman–Crippen LogP) is -0.751. The van der Waals surface area contributed by atoms with Gasteiger partial charge in [-0.15, -0.1) is 0 Å². The first kappa shape index (κ1) is 12.4. The van der Waals surface area contributed by atoms with Gasteiger partial charge < -0.3 is 16.4 Å². The Labute approximate surface area is 105 Å². The number of carbonyl (C=O) groups is 2. The Kier molecular flexibility index (Phi) is 3.50. The highest BCUT2D eigenvalue weighted by molar-refractivity contribution is 5.87. The van der Waals surface area contributed by atoms with E-state index in [9.17, 15) is 9.59 Å². The predicted molar refractivity (Wildman–Crippen MR) is 65.4 cm³/mol. The van der Waals surface area contributed by atoms with E-state index in [0.29, 0.717) is 11.9 Å². The molecular formula is C11H17N5O2. The number of rotatable bonds is 5. The van der Waals surface area contributed by atoms with Gasteiger partial charge in [0.25, 0.3) is 0 Å². The molecule has 18 heavy (non-hydrogen) atoms. The second-order valence-electron chi connectivity index (χ2n) is 4.51. The molecule has 0 radical (unpaired) electrons. The molecule has 7 heteroatoms. The SMILES string of the molecule is CC(NC(=O)Cn1ccc(N)n1)C(=O)NC1CC1. The maximum absolute atomic E-state index is 11.6. The zero-order valence-electron chi connectivity index (χ0n) is 10.2. The summed E-state index contributed by atoms with van der Waals surface area (Å²) in [5.41, 5.74) is 5.44. The van der Waals surface area contributed by atoms with Crippen LogP contribution in [0.2, 0.25) is 0 Å². The molecule has 1 aromatic heterocycles. The van der Waals surface area contributed by atoms with Gasteiger partial charge >= 0.3 is 0 Å². The first-order valence-corrected chi connectivity index (χ1v) is 5.93. The molecule has 7 nitrogen and oxygen atoms in total. The van der Waals surface area contributed by atoms with Crippen LogP contribution in [-0.2, 0) is 16.1 Å². The minimum absolute atomic E-state index is 0.0538. The van der Waals surface area contributed by atoms with Gasteiger partial charge in [0.05, 0.1) is 0 Å². The Balaban J connectivity index is 1.77. The molecule has 0 aromatic carbocycles. The fraction of sp³-hybridized carbons (Fsp3) is 0.545. The standard InChI is InChI=1S/C11H17N5O2/c1-7(11(18)14-8-2-3-8)13-10(17)6-16-5-4-9(12)15-16/h4-5,7-8H,2-3,6H2,1H3,(H2,12,15)(H,13,17)(H,14,18). The van der Waals surface area contributed by atoms with Crippen LogP contribution >= 0.6 is 0 Å². The van der Waals surface area contributed by atoms with Crippen LogP contribution < -0.4 is 16.4 Å². The number of hydrogen-bond donors (Lipinski definition) is 3. The molecule has 0 aliphatic heterocycles. The van der Waals surface area contributed by atoms with Crippen LogP contribution in [0.25, 0.3) is 0 Å². The quantitative estimate of drug-likeness (QED) is 0.640. The van der Waals surface area contributed by atoms with E-state index in [2.05, 4.69) is 15.7 Å². The molecule has 98 valence electrons. The summed E-state index contributed by atoms with van der Waals surface area (Å²) in [6.07, 6.45) is 3.67. The highest BCUT2D eigenvalue weighted by Crippen LogP contribution is 2.18. The first-order chi connectivity index (χ1) is 8.54. The number of anilines is 1. The van der Waals surface area contributed by atoms with E-state index in [1.165, 1.54) is 4.68 Å². The third kappa shape index (κ3) is 3.47. The molecular weight excluding hydrogens is 234 g/mol.